The van der Waals surface area contributed by atoms with E-state index in [2.05, 4.69) is 20.4 Å². The number of aromatic nitrogens is 4. The van der Waals surface area contributed by atoms with Crippen molar-refractivity contribution in [1.29, 1.82) is 0 Å². The zero-order valence-corrected chi connectivity index (χ0v) is 19.9. The predicted molar refractivity (Wildman–Crippen MR) is 126 cm³/mol. The van der Waals surface area contributed by atoms with E-state index in [1.807, 2.05) is 42.3 Å². The largest absolute Gasteiger partial charge is 0.492 e. The second kappa shape index (κ2) is 8.84. The molecule has 2 aromatic carbocycles. The van der Waals surface area contributed by atoms with E-state index in [0.29, 0.717) is 34.3 Å². The number of carbonyl (C=O) groups excluding carboxylic acids is 1. The van der Waals surface area contributed by atoms with Gasteiger partial charge < -0.3 is 19.1 Å². The Hall–Kier alpha value is -3.66. The molecule has 1 saturated heterocycles. The number of ether oxygens (including phenoxy) is 3. The second-order valence-electron chi connectivity index (χ2n) is 9.17. The fourth-order valence-corrected chi connectivity index (χ4v) is 5.40. The summed E-state index contributed by atoms with van der Waals surface area (Å²) in [6, 6.07) is 9.28. The van der Waals surface area contributed by atoms with E-state index < -0.39 is 0 Å². The van der Waals surface area contributed by atoms with Crippen molar-refractivity contribution >= 4 is 5.91 Å². The van der Waals surface area contributed by atoms with Gasteiger partial charge in [-0.3, -0.25) is 9.69 Å². The van der Waals surface area contributed by atoms with Crippen molar-refractivity contribution in [3.63, 3.8) is 0 Å². The summed E-state index contributed by atoms with van der Waals surface area (Å²) in [5.74, 6) is 2.57. The van der Waals surface area contributed by atoms with Gasteiger partial charge in [0.2, 0.25) is 12.5 Å². The summed E-state index contributed by atoms with van der Waals surface area (Å²) in [6.45, 7) is 2.53. The molecule has 1 fully saturated rings. The first-order chi connectivity index (χ1) is 17.2. The molecule has 0 saturated carbocycles. The molecule has 3 aliphatic rings. The third kappa shape index (κ3) is 3.59. The first-order valence-corrected chi connectivity index (χ1v) is 12.0. The van der Waals surface area contributed by atoms with Gasteiger partial charge in [-0.2, -0.15) is 4.68 Å². The number of tetrazole rings is 1. The van der Waals surface area contributed by atoms with Crippen LogP contribution in [0.4, 0.5) is 0 Å². The minimum Gasteiger partial charge on any atom is -0.492 e. The molecule has 0 N–H and O–H groups in total. The minimum absolute atomic E-state index is 0.0140. The molecule has 0 unspecified atom stereocenters. The second-order valence-corrected chi connectivity index (χ2v) is 9.17. The van der Waals surface area contributed by atoms with Crippen molar-refractivity contribution in [2.75, 3.05) is 40.6 Å². The average molecular weight is 477 g/mol. The van der Waals surface area contributed by atoms with Gasteiger partial charge in [-0.05, 0) is 66.9 Å². The monoisotopic (exact) mass is 476 g/mol. The van der Waals surface area contributed by atoms with Gasteiger partial charge in [-0.15, -0.1) is 5.10 Å². The zero-order chi connectivity index (χ0) is 23.9. The normalized spacial score (nSPS) is 19.5. The molecule has 0 radical (unpaired) electrons. The maximum absolute atomic E-state index is 13.5. The lowest BCUT2D eigenvalue weighted by atomic mass is 9.90. The molecule has 3 aromatic rings. The average Bonchev–Trinajstić information content (AvgIpc) is 3.57. The van der Waals surface area contributed by atoms with Crippen molar-refractivity contribution in [2.45, 2.75) is 31.7 Å². The van der Waals surface area contributed by atoms with Crippen LogP contribution in [0.3, 0.4) is 0 Å². The Morgan fingerprint density at radius 2 is 1.94 bits per heavy atom. The maximum atomic E-state index is 13.5. The number of hydrogen-bond donors (Lipinski definition) is 0. The van der Waals surface area contributed by atoms with Gasteiger partial charge in [0.05, 0.1) is 18.4 Å². The maximum Gasteiger partial charge on any atom is 0.256 e. The first kappa shape index (κ1) is 21.8. The molecular formula is C25H28N6O4. The molecule has 0 bridgehead atoms. The lowest BCUT2D eigenvalue weighted by Gasteiger charge is -2.35. The van der Waals surface area contributed by atoms with Crippen LogP contribution in [0, 0.1) is 0 Å². The summed E-state index contributed by atoms with van der Waals surface area (Å²) in [5.41, 5.74) is 3.34. The number of nitrogens with zero attached hydrogens (tertiary/aromatic N) is 6. The number of rotatable bonds is 4. The summed E-state index contributed by atoms with van der Waals surface area (Å²) < 4.78 is 18.9. The van der Waals surface area contributed by atoms with Crippen LogP contribution in [0.5, 0.6) is 17.2 Å². The highest BCUT2D eigenvalue weighted by Crippen LogP contribution is 2.50. The van der Waals surface area contributed by atoms with Crippen LogP contribution in [-0.4, -0.2) is 76.5 Å². The Bertz CT molecular complexity index is 1270. The SMILES string of the molecule is COc1c2c(cc3c1[C@H](c1nnnn1-c1ccccc1C(=O)N1CCCCC1)N(C)CC3)OCO2. The Balaban J connectivity index is 1.47. The lowest BCUT2D eigenvalue weighted by molar-refractivity contribution is 0.0724. The van der Waals surface area contributed by atoms with Crippen LogP contribution in [0.2, 0.25) is 0 Å². The molecule has 1 aromatic heterocycles. The van der Waals surface area contributed by atoms with Gasteiger partial charge in [0.25, 0.3) is 5.91 Å². The molecule has 3 aliphatic heterocycles. The van der Waals surface area contributed by atoms with Crippen LogP contribution < -0.4 is 14.2 Å². The van der Waals surface area contributed by atoms with Crippen LogP contribution in [0.15, 0.2) is 30.3 Å². The van der Waals surface area contributed by atoms with Gasteiger partial charge in [0.15, 0.2) is 17.3 Å². The van der Waals surface area contributed by atoms with Gasteiger partial charge >= 0.3 is 0 Å². The summed E-state index contributed by atoms with van der Waals surface area (Å²) in [5, 5.41) is 12.8. The summed E-state index contributed by atoms with van der Waals surface area (Å²) in [7, 11) is 3.68. The van der Waals surface area contributed by atoms with Crippen molar-refractivity contribution in [2.24, 2.45) is 0 Å². The third-order valence-electron chi connectivity index (χ3n) is 7.14. The Labute approximate surface area is 203 Å². The van der Waals surface area contributed by atoms with Gasteiger partial charge in [0.1, 0.15) is 6.04 Å². The molecule has 182 valence electrons. The highest BCUT2D eigenvalue weighted by Gasteiger charge is 2.38. The Morgan fingerprint density at radius 3 is 2.77 bits per heavy atom. The van der Waals surface area contributed by atoms with Crippen molar-refractivity contribution in [1.82, 2.24) is 30.0 Å². The van der Waals surface area contributed by atoms with Crippen LogP contribution in [-0.2, 0) is 6.42 Å². The van der Waals surface area contributed by atoms with Crippen molar-refractivity contribution < 1.29 is 19.0 Å². The molecule has 0 spiro atoms. The van der Waals surface area contributed by atoms with Crippen molar-refractivity contribution in [3.05, 3.63) is 52.8 Å². The third-order valence-corrected chi connectivity index (χ3v) is 7.14. The Morgan fingerprint density at radius 1 is 1.11 bits per heavy atom. The molecule has 6 rings (SSSR count). The number of hydrogen-bond acceptors (Lipinski definition) is 8. The standard InChI is InChI=1S/C25H28N6O4/c1-29-13-10-16-14-19-22(35-15-34-19)23(33-2)20(16)21(29)24-26-27-28-31(24)18-9-5-4-8-17(18)25(32)30-11-6-3-7-12-30/h4-5,8-9,14,21H,3,6-7,10-13,15H2,1-2H3/t21-/m1/s1. The quantitative estimate of drug-likeness (QED) is 0.567. The number of likely N-dealkylation sites (tertiary alicyclic amines) is 1. The molecule has 1 amide bonds. The number of fused-ring (bicyclic) bond motifs is 2. The molecule has 10 nitrogen and oxygen atoms in total. The molecule has 4 heterocycles. The smallest absolute Gasteiger partial charge is 0.256 e. The Kier molecular flexibility index (Phi) is 5.52. The van der Waals surface area contributed by atoms with Crippen LogP contribution in [0.1, 0.15) is 52.6 Å². The number of carbonyl (C=O) groups is 1. The molecular weight excluding hydrogens is 448 g/mol. The number of para-hydroxylation sites is 1. The lowest BCUT2D eigenvalue weighted by Crippen LogP contribution is -2.37. The predicted octanol–water partition coefficient (Wildman–Crippen LogP) is 2.60. The summed E-state index contributed by atoms with van der Waals surface area (Å²) in [6.07, 6.45) is 4.06. The van der Waals surface area contributed by atoms with E-state index in [9.17, 15) is 4.79 Å². The fraction of sp³-hybridized carbons (Fsp3) is 0.440. The van der Waals surface area contributed by atoms with Crippen LogP contribution >= 0.6 is 0 Å². The highest BCUT2D eigenvalue weighted by molar-refractivity contribution is 5.97. The highest BCUT2D eigenvalue weighted by atomic mass is 16.7. The van der Waals surface area contributed by atoms with Gasteiger partial charge in [0, 0.05) is 25.2 Å². The number of likely N-dealkylation sites (N-methyl/N-ethyl adjacent to an activating group) is 1. The topological polar surface area (TPSA) is 94.8 Å². The van der Waals surface area contributed by atoms with E-state index in [4.69, 9.17) is 14.2 Å². The van der Waals surface area contributed by atoms with E-state index >= 15 is 0 Å². The van der Waals surface area contributed by atoms with Gasteiger partial charge in [-0.1, -0.05) is 12.1 Å². The van der Waals surface area contributed by atoms with E-state index in [0.717, 1.165) is 56.4 Å². The summed E-state index contributed by atoms with van der Waals surface area (Å²) >= 11 is 0. The fourth-order valence-electron chi connectivity index (χ4n) is 5.40. The van der Waals surface area contributed by atoms with E-state index in [1.54, 1.807) is 11.8 Å². The molecule has 0 aliphatic carbocycles. The van der Waals surface area contributed by atoms with Crippen molar-refractivity contribution in [3.8, 4) is 22.9 Å². The zero-order valence-electron chi connectivity index (χ0n) is 19.9. The minimum atomic E-state index is -0.295. The number of benzene rings is 2. The molecule has 10 heteroatoms. The van der Waals surface area contributed by atoms with Crippen LogP contribution in [0.25, 0.3) is 5.69 Å². The molecule has 1 atom stereocenters. The van der Waals surface area contributed by atoms with E-state index in [-0.39, 0.29) is 18.7 Å². The number of amides is 1. The number of piperidine rings is 1. The first-order valence-electron chi connectivity index (χ1n) is 12.0. The molecule has 35 heavy (non-hydrogen) atoms. The number of methoxy groups -OCH3 is 1. The van der Waals surface area contributed by atoms with E-state index in [1.165, 1.54) is 0 Å². The van der Waals surface area contributed by atoms with Gasteiger partial charge in [-0.25, -0.2) is 0 Å². The summed E-state index contributed by atoms with van der Waals surface area (Å²) in [4.78, 5) is 17.6.